The van der Waals surface area contributed by atoms with Gasteiger partial charge in [0.2, 0.25) is 5.91 Å². The fourth-order valence-electron chi connectivity index (χ4n) is 2.11. The lowest BCUT2D eigenvalue weighted by atomic mass is 10.1. The summed E-state index contributed by atoms with van der Waals surface area (Å²) in [5, 5.41) is 4.36. The van der Waals surface area contributed by atoms with Crippen LogP contribution in [-0.2, 0) is 11.2 Å². The van der Waals surface area contributed by atoms with Crippen molar-refractivity contribution in [2.24, 2.45) is 0 Å². The third kappa shape index (κ3) is 3.24. The molecule has 1 aromatic heterocycles. The summed E-state index contributed by atoms with van der Waals surface area (Å²) in [6.07, 6.45) is 0.119. The molecule has 22 heavy (non-hydrogen) atoms. The molecule has 0 saturated carbocycles. The summed E-state index contributed by atoms with van der Waals surface area (Å²) in [4.78, 5) is 16.6. The number of aryl methyl sites for hydroxylation is 1. The topological polar surface area (TPSA) is 42.0 Å². The summed E-state index contributed by atoms with van der Waals surface area (Å²) in [7, 11) is 0. The van der Waals surface area contributed by atoms with E-state index >= 15 is 0 Å². The van der Waals surface area contributed by atoms with Gasteiger partial charge in [-0.25, -0.2) is 4.98 Å². The molecule has 0 radical (unpaired) electrons. The predicted octanol–water partition coefficient (Wildman–Crippen LogP) is 5.09. The second-order valence-electron chi connectivity index (χ2n) is 4.92. The van der Waals surface area contributed by atoms with Crippen LogP contribution in [0.1, 0.15) is 11.1 Å². The number of nitrogens with one attached hydrogen (secondary N) is 1. The molecule has 3 rings (SSSR count). The first-order valence-electron chi connectivity index (χ1n) is 6.63. The van der Waals surface area contributed by atoms with Crippen molar-refractivity contribution in [2.75, 3.05) is 5.32 Å². The zero-order valence-electron chi connectivity index (χ0n) is 11.7. The van der Waals surface area contributed by atoms with Gasteiger partial charge in [-0.2, -0.15) is 0 Å². The number of carbonyl (C=O) groups excluding carboxylic acids is 1. The van der Waals surface area contributed by atoms with E-state index in [1.807, 2.05) is 25.1 Å². The van der Waals surface area contributed by atoms with Crippen LogP contribution in [0, 0.1) is 6.92 Å². The Labute approximate surface area is 141 Å². The quantitative estimate of drug-likeness (QED) is 0.714. The molecule has 0 atom stereocenters. The van der Waals surface area contributed by atoms with Gasteiger partial charge in [0.1, 0.15) is 0 Å². The first-order valence-corrected chi connectivity index (χ1v) is 8.20. The summed E-state index contributed by atoms with van der Waals surface area (Å²) >= 11 is 13.6. The third-order valence-electron chi connectivity index (χ3n) is 3.19. The van der Waals surface area contributed by atoms with Gasteiger partial charge in [-0.1, -0.05) is 46.7 Å². The normalized spacial score (nSPS) is 10.9. The van der Waals surface area contributed by atoms with E-state index in [-0.39, 0.29) is 12.3 Å². The van der Waals surface area contributed by atoms with Gasteiger partial charge in [0, 0.05) is 10.0 Å². The van der Waals surface area contributed by atoms with Gasteiger partial charge in [-0.05, 0) is 42.3 Å². The molecule has 0 unspecified atom stereocenters. The highest BCUT2D eigenvalue weighted by Crippen LogP contribution is 2.28. The van der Waals surface area contributed by atoms with Crippen LogP contribution in [0.5, 0.6) is 0 Å². The maximum absolute atomic E-state index is 12.2. The van der Waals surface area contributed by atoms with Crippen molar-refractivity contribution in [3.05, 3.63) is 57.6 Å². The van der Waals surface area contributed by atoms with Crippen molar-refractivity contribution < 1.29 is 4.79 Å². The van der Waals surface area contributed by atoms with Crippen molar-refractivity contribution in [2.45, 2.75) is 13.3 Å². The Morgan fingerprint density at radius 2 is 1.95 bits per heavy atom. The molecule has 1 amide bonds. The van der Waals surface area contributed by atoms with Crippen LogP contribution < -0.4 is 5.32 Å². The number of hydrogen-bond acceptors (Lipinski definition) is 3. The summed E-state index contributed by atoms with van der Waals surface area (Å²) < 4.78 is 1.05. The number of nitrogens with zero attached hydrogens (tertiary/aromatic N) is 1. The smallest absolute Gasteiger partial charge is 0.230 e. The number of halogens is 2. The van der Waals surface area contributed by atoms with E-state index in [2.05, 4.69) is 10.3 Å². The molecule has 112 valence electrons. The van der Waals surface area contributed by atoms with Crippen molar-refractivity contribution in [1.29, 1.82) is 0 Å². The number of thiazole rings is 1. The molecular formula is C16H12Cl2N2OS. The second kappa shape index (κ2) is 6.24. The first-order chi connectivity index (χ1) is 10.5. The fourth-order valence-corrected chi connectivity index (χ4v) is 3.62. The standard InChI is InChI=1S/C16H12Cl2N2OS/c1-9-5-6-13-14(7-9)22-16(19-13)20-15(21)8-10-11(17)3-2-4-12(10)18/h2-7H,8H2,1H3,(H,19,20,21). The molecule has 3 aromatic rings. The molecule has 0 aliphatic heterocycles. The van der Waals surface area contributed by atoms with E-state index in [1.54, 1.807) is 18.2 Å². The Balaban J connectivity index is 1.78. The minimum absolute atomic E-state index is 0.119. The van der Waals surface area contributed by atoms with Crippen LogP contribution in [0.2, 0.25) is 10.0 Å². The van der Waals surface area contributed by atoms with Crippen LogP contribution in [0.4, 0.5) is 5.13 Å². The van der Waals surface area contributed by atoms with E-state index in [1.165, 1.54) is 11.3 Å². The number of amides is 1. The van der Waals surface area contributed by atoms with Gasteiger partial charge in [-0.3, -0.25) is 4.79 Å². The van der Waals surface area contributed by atoms with Crippen molar-refractivity contribution >= 4 is 55.8 Å². The first kappa shape index (κ1) is 15.3. The Hall–Kier alpha value is -1.62. The molecule has 0 aliphatic rings. The minimum atomic E-state index is -0.189. The van der Waals surface area contributed by atoms with Gasteiger partial charge in [-0.15, -0.1) is 0 Å². The molecule has 0 bridgehead atoms. The highest BCUT2D eigenvalue weighted by Gasteiger charge is 2.13. The van der Waals surface area contributed by atoms with E-state index in [4.69, 9.17) is 23.2 Å². The van der Waals surface area contributed by atoms with Crippen LogP contribution in [-0.4, -0.2) is 10.9 Å². The number of anilines is 1. The Bertz CT molecular complexity index is 840. The van der Waals surface area contributed by atoms with Crippen LogP contribution in [0.25, 0.3) is 10.2 Å². The summed E-state index contributed by atoms with van der Waals surface area (Å²) in [6.45, 7) is 2.02. The number of aromatic nitrogens is 1. The van der Waals surface area contributed by atoms with Crippen LogP contribution in [0.15, 0.2) is 36.4 Å². The third-order valence-corrected chi connectivity index (χ3v) is 4.83. The van der Waals surface area contributed by atoms with Crippen molar-refractivity contribution in [1.82, 2.24) is 4.98 Å². The molecule has 0 fully saturated rings. The Kier molecular flexibility index (Phi) is 4.34. The average Bonchev–Trinajstić information content (AvgIpc) is 2.84. The van der Waals surface area contributed by atoms with Gasteiger partial charge in [0.15, 0.2) is 5.13 Å². The summed E-state index contributed by atoms with van der Waals surface area (Å²) in [5.74, 6) is -0.189. The van der Waals surface area contributed by atoms with Crippen molar-refractivity contribution in [3.8, 4) is 0 Å². The van der Waals surface area contributed by atoms with E-state index < -0.39 is 0 Å². The lowest BCUT2D eigenvalue weighted by Gasteiger charge is -2.06. The van der Waals surface area contributed by atoms with Crippen molar-refractivity contribution in [3.63, 3.8) is 0 Å². The maximum Gasteiger partial charge on any atom is 0.230 e. The molecule has 0 saturated heterocycles. The van der Waals surface area contributed by atoms with E-state index in [0.29, 0.717) is 20.7 Å². The molecule has 3 nitrogen and oxygen atoms in total. The maximum atomic E-state index is 12.2. The number of fused-ring (bicyclic) bond motifs is 1. The average molecular weight is 351 g/mol. The molecule has 0 aliphatic carbocycles. The largest absolute Gasteiger partial charge is 0.302 e. The lowest BCUT2D eigenvalue weighted by molar-refractivity contribution is -0.115. The predicted molar refractivity (Wildman–Crippen MR) is 93.2 cm³/mol. The zero-order chi connectivity index (χ0) is 15.7. The molecule has 1 N–H and O–H groups in total. The number of rotatable bonds is 3. The SMILES string of the molecule is Cc1ccc2nc(NC(=O)Cc3c(Cl)cccc3Cl)sc2c1. The lowest BCUT2D eigenvalue weighted by Crippen LogP contribution is -2.14. The van der Waals surface area contributed by atoms with Crippen LogP contribution in [0.3, 0.4) is 0 Å². The Morgan fingerprint density at radius 3 is 2.68 bits per heavy atom. The van der Waals surface area contributed by atoms with Gasteiger partial charge in [0.05, 0.1) is 16.6 Å². The molecule has 0 spiro atoms. The molecule has 2 aromatic carbocycles. The number of hydrogen-bond donors (Lipinski definition) is 1. The molecule has 1 heterocycles. The highest BCUT2D eigenvalue weighted by atomic mass is 35.5. The summed E-state index contributed by atoms with van der Waals surface area (Å²) in [6, 6.07) is 11.2. The number of benzene rings is 2. The van der Waals surface area contributed by atoms with Gasteiger partial charge >= 0.3 is 0 Å². The van der Waals surface area contributed by atoms with E-state index in [0.717, 1.165) is 15.8 Å². The minimum Gasteiger partial charge on any atom is -0.302 e. The fraction of sp³-hybridized carbons (Fsp3) is 0.125. The van der Waals surface area contributed by atoms with Gasteiger partial charge in [0.25, 0.3) is 0 Å². The highest BCUT2D eigenvalue weighted by molar-refractivity contribution is 7.22. The van der Waals surface area contributed by atoms with Gasteiger partial charge < -0.3 is 5.32 Å². The van der Waals surface area contributed by atoms with Crippen LogP contribution >= 0.6 is 34.5 Å². The molecular weight excluding hydrogens is 339 g/mol. The second-order valence-corrected chi connectivity index (χ2v) is 6.76. The van der Waals surface area contributed by atoms with E-state index in [9.17, 15) is 4.79 Å². The zero-order valence-corrected chi connectivity index (χ0v) is 14.0. The Morgan fingerprint density at radius 1 is 1.23 bits per heavy atom. The number of carbonyl (C=O) groups is 1. The summed E-state index contributed by atoms with van der Waals surface area (Å²) in [5.41, 5.74) is 2.67. The molecule has 6 heteroatoms. The monoisotopic (exact) mass is 350 g/mol.